The standard InChI is InChI=1S/C32H39ClN4.3ClH/c1-3-11-31-34-29-23-27(16-17-30(29)37(31)18-4-2)28(33)24-35-19-21-36(22-20-35)32(25-12-7-5-8-13-25)26-14-9-6-10-15-26;;;/h5-10,12-17,23,28,32H,3-4,11,18-22,24H2,1-2H3;3*1H. The van der Waals surface area contributed by atoms with E-state index in [4.69, 9.17) is 16.6 Å². The Balaban J connectivity index is 0.00000187. The molecule has 5 rings (SSSR count). The normalized spacial score (nSPS) is 14.8. The van der Waals surface area contributed by atoms with Crippen molar-refractivity contribution >= 4 is 59.9 Å². The van der Waals surface area contributed by atoms with Gasteiger partial charge >= 0.3 is 0 Å². The van der Waals surface area contributed by atoms with Crippen molar-refractivity contribution in [2.24, 2.45) is 0 Å². The van der Waals surface area contributed by atoms with Crippen LogP contribution in [0.15, 0.2) is 78.9 Å². The minimum absolute atomic E-state index is 0. The molecular formula is C32H42Cl4N4. The van der Waals surface area contributed by atoms with Crippen molar-refractivity contribution in [1.82, 2.24) is 19.4 Å². The zero-order valence-electron chi connectivity index (χ0n) is 23.4. The van der Waals surface area contributed by atoms with E-state index in [0.717, 1.165) is 64.0 Å². The third-order valence-corrected chi connectivity index (χ3v) is 7.94. The molecule has 3 aromatic carbocycles. The van der Waals surface area contributed by atoms with Gasteiger partial charge in [-0.15, -0.1) is 48.8 Å². The average Bonchev–Trinajstić information content (AvgIpc) is 3.27. The van der Waals surface area contributed by atoms with Crippen molar-refractivity contribution in [3.05, 3.63) is 101 Å². The molecule has 0 radical (unpaired) electrons. The van der Waals surface area contributed by atoms with E-state index in [-0.39, 0.29) is 48.6 Å². The summed E-state index contributed by atoms with van der Waals surface area (Å²) in [4.78, 5) is 10.1. The lowest BCUT2D eigenvalue weighted by atomic mass is 9.96. The first-order valence-electron chi connectivity index (χ1n) is 13.9. The van der Waals surface area contributed by atoms with E-state index in [1.807, 2.05) is 0 Å². The summed E-state index contributed by atoms with van der Waals surface area (Å²) in [6, 6.07) is 28.7. The summed E-state index contributed by atoms with van der Waals surface area (Å²) in [5.41, 5.74) is 6.20. The van der Waals surface area contributed by atoms with E-state index in [0.29, 0.717) is 0 Å². The maximum Gasteiger partial charge on any atom is 0.109 e. The predicted molar refractivity (Wildman–Crippen MR) is 177 cm³/mol. The Morgan fingerprint density at radius 2 is 1.35 bits per heavy atom. The van der Waals surface area contributed by atoms with Gasteiger partial charge in [0.2, 0.25) is 0 Å². The molecule has 1 fully saturated rings. The first-order chi connectivity index (χ1) is 18.2. The van der Waals surface area contributed by atoms with Gasteiger partial charge in [-0.2, -0.15) is 0 Å². The van der Waals surface area contributed by atoms with E-state index in [2.05, 4.69) is 107 Å². The highest BCUT2D eigenvalue weighted by Gasteiger charge is 2.27. The minimum atomic E-state index is -0.0408. The average molecular weight is 625 g/mol. The van der Waals surface area contributed by atoms with Crippen LogP contribution < -0.4 is 0 Å². The number of benzene rings is 3. The number of hydrogen-bond acceptors (Lipinski definition) is 3. The first kappa shape index (κ1) is 34.4. The van der Waals surface area contributed by atoms with Crippen molar-refractivity contribution in [3.8, 4) is 0 Å². The lowest BCUT2D eigenvalue weighted by molar-refractivity contribution is 0.109. The van der Waals surface area contributed by atoms with Crippen LogP contribution in [-0.2, 0) is 13.0 Å². The second kappa shape index (κ2) is 16.6. The molecule has 1 aliphatic heterocycles. The molecule has 0 bridgehead atoms. The van der Waals surface area contributed by atoms with E-state index >= 15 is 0 Å². The fourth-order valence-corrected chi connectivity index (χ4v) is 6.03. The molecule has 1 aliphatic rings. The Bertz CT molecular complexity index is 1230. The number of rotatable bonds is 10. The monoisotopic (exact) mass is 622 g/mol. The summed E-state index contributed by atoms with van der Waals surface area (Å²) in [5.74, 6) is 1.20. The number of hydrogen-bond donors (Lipinski definition) is 0. The molecular weight excluding hydrogens is 582 g/mol. The van der Waals surface area contributed by atoms with Crippen LogP contribution in [0, 0.1) is 0 Å². The van der Waals surface area contributed by atoms with Crippen molar-refractivity contribution in [3.63, 3.8) is 0 Å². The van der Waals surface area contributed by atoms with E-state index in [1.165, 1.54) is 28.0 Å². The van der Waals surface area contributed by atoms with Crippen LogP contribution in [0.2, 0.25) is 0 Å². The summed E-state index contributed by atoms with van der Waals surface area (Å²) < 4.78 is 2.39. The molecule has 1 atom stereocenters. The van der Waals surface area contributed by atoms with Gasteiger partial charge in [-0.1, -0.05) is 80.6 Å². The number of alkyl halides is 1. The van der Waals surface area contributed by atoms with E-state index in [9.17, 15) is 0 Å². The van der Waals surface area contributed by atoms with Gasteiger partial charge in [0.05, 0.1) is 22.5 Å². The highest BCUT2D eigenvalue weighted by molar-refractivity contribution is 6.21. The molecule has 1 unspecified atom stereocenters. The third-order valence-electron chi connectivity index (χ3n) is 7.55. The van der Waals surface area contributed by atoms with Crippen molar-refractivity contribution in [2.75, 3.05) is 32.7 Å². The Labute approximate surface area is 263 Å². The second-order valence-electron chi connectivity index (χ2n) is 10.2. The first-order valence-corrected chi connectivity index (χ1v) is 14.3. The summed E-state index contributed by atoms with van der Waals surface area (Å²) >= 11 is 7.01. The molecule has 218 valence electrons. The van der Waals surface area contributed by atoms with Crippen LogP contribution in [0.4, 0.5) is 0 Å². The Kier molecular flexibility index (Phi) is 14.3. The number of aromatic nitrogens is 2. The molecule has 0 N–H and O–H groups in total. The number of imidazole rings is 1. The van der Waals surface area contributed by atoms with Crippen molar-refractivity contribution in [2.45, 2.75) is 51.1 Å². The van der Waals surface area contributed by atoms with E-state index < -0.39 is 0 Å². The quantitative estimate of drug-likeness (QED) is 0.166. The maximum atomic E-state index is 7.01. The van der Waals surface area contributed by atoms with Gasteiger partial charge in [0, 0.05) is 45.7 Å². The summed E-state index contributed by atoms with van der Waals surface area (Å²) in [6.45, 7) is 10.4. The maximum absolute atomic E-state index is 7.01. The molecule has 40 heavy (non-hydrogen) atoms. The lowest BCUT2D eigenvalue weighted by Crippen LogP contribution is -2.48. The minimum Gasteiger partial charge on any atom is -0.328 e. The molecule has 0 amide bonds. The predicted octanol–water partition coefficient (Wildman–Crippen LogP) is 8.35. The SMILES string of the molecule is CCCc1nc2cc(C(Cl)CN3CCN(C(c4ccccc4)c4ccccc4)CC3)ccc2n1CCC.Cl.Cl.Cl. The van der Waals surface area contributed by atoms with E-state index in [1.54, 1.807) is 0 Å². The summed E-state index contributed by atoms with van der Waals surface area (Å²) in [7, 11) is 0. The molecule has 4 nitrogen and oxygen atoms in total. The van der Waals surface area contributed by atoms with Crippen LogP contribution in [0.25, 0.3) is 11.0 Å². The molecule has 4 aromatic rings. The molecule has 1 saturated heterocycles. The molecule has 1 aromatic heterocycles. The summed E-state index contributed by atoms with van der Waals surface area (Å²) in [6.07, 6.45) is 3.24. The number of piperazine rings is 1. The smallest absolute Gasteiger partial charge is 0.109 e. The van der Waals surface area contributed by atoms with Gasteiger partial charge in [-0.3, -0.25) is 9.80 Å². The largest absolute Gasteiger partial charge is 0.328 e. The fraction of sp³-hybridized carbons (Fsp3) is 0.406. The van der Waals surface area contributed by atoms with Crippen LogP contribution in [-0.4, -0.2) is 52.1 Å². The number of halogens is 4. The number of fused-ring (bicyclic) bond motifs is 1. The van der Waals surface area contributed by atoms with Gasteiger partial charge in [-0.25, -0.2) is 4.98 Å². The third kappa shape index (κ3) is 7.94. The van der Waals surface area contributed by atoms with Crippen molar-refractivity contribution < 1.29 is 0 Å². The summed E-state index contributed by atoms with van der Waals surface area (Å²) in [5, 5.41) is -0.0408. The number of aryl methyl sites for hydroxylation is 2. The topological polar surface area (TPSA) is 24.3 Å². The Morgan fingerprint density at radius 3 is 1.90 bits per heavy atom. The molecule has 2 heterocycles. The molecule has 0 aliphatic carbocycles. The van der Waals surface area contributed by atoms with Crippen LogP contribution in [0.5, 0.6) is 0 Å². The highest BCUT2D eigenvalue weighted by atomic mass is 35.5. The number of nitrogens with zero attached hydrogens (tertiary/aromatic N) is 4. The van der Waals surface area contributed by atoms with Crippen LogP contribution >= 0.6 is 48.8 Å². The van der Waals surface area contributed by atoms with Crippen molar-refractivity contribution in [1.29, 1.82) is 0 Å². The second-order valence-corrected chi connectivity index (χ2v) is 10.7. The molecule has 0 saturated carbocycles. The molecule has 0 spiro atoms. The van der Waals surface area contributed by atoms with Crippen LogP contribution in [0.1, 0.15) is 60.6 Å². The lowest BCUT2D eigenvalue weighted by Gasteiger charge is -2.40. The zero-order chi connectivity index (χ0) is 25.6. The van der Waals surface area contributed by atoms with Gasteiger partial charge in [0.25, 0.3) is 0 Å². The van der Waals surface area contributed by atoms with Gasteiger partial charge in [0.1, 0.15) is 5.82 Å². The Morgan fingerprint density at radius 1 is 0.750 bits per heavy atom. The zero-order valence-corrected chi connectivity index (χ0v) is 26.6. The Hall–Kier alpha value is -1.79. The van der Waals surface area contributed by atoms with Gasteiger partial charge < -0.3 is 4.57 Å². The van der Waals surface area contributed by atoms with Gasteiger partial charge in [0.15, 0.2) is 0 Å². The van der Waals surface area contributed by atoms with Gasteiger partial charge in [-0.05, 0) is 41.7 Å². The molecule has 8 heteroatoms. The highest BCUT2D eigenvalue weighted by Crippen LogP contribution is 2.31. The van der Waals surface area contributed by atoms with Crippen LogP contribution in [0.3, 0.4) is 0 Å². The fourth-order valence-electron chi connectivity index (χ4n) is 5.70.